The number of nitrogens with one attached hydrogen (secondary N) is 1. The minimum absolute atomic E-state index is 0.0612. The third-order valence-electron chi connectivity index (χ3n) is 3.43. The zero-order valence-corrected chi connectivity index (χ0v) is 12.6. The molecule has 0 radical (unpaired) electrons. The van der Waals surface area contributed by atoms with Gasteiger partial charge in [0.1, 0.15) is 0 Å². The summed E-state index contributed by atoms with van der Waals surface area (Å²) in [5.74, 6) is -0.295. The summed E-state index contributed by atoms with van der Waals surface area (Å²) < 4.78 is 5.03. The van der Waals surface area contributed by atoms with Crippen molar-refractivity contribution in [1.29, 1.82) is 0 Å². The molecule has 1 atom stereocenters. The van der Waals surface area contributed by atoms with Gasteiger partial charge in [-0.3, -0.25) is 9.59 Å². The third kappa shape index (κ3) is 3.53. The van der Waals surface area contributed by atoms with Crippen LogP contribution in [-0.4, -0.2) is 36.3 Å². The van der Waals surface area contributed by atoms with Crippen molar-refractivity contribution in [2.24, 2.45) is 5.73 Å². The number of carbonyl (C=O) groups excluding carboxylic acids is 2. The highest BCUT2D eigenvalue weighted by atomic mass is 16.3. The number of nitrogens with two attached hydrogens (primary N) is 1. The SMILES string of the molecule is CC(CN)N(C)C(=O)c1cccc(NC(=O)c2ccco2)c1. The standard InChI is InChI=1S/C16H19N3O3/c1-11(10-17)19(2)16(21)12-5-3-6-13(9-12)18-15(20)14-7-4-8-22-14/h3-9,11H,10,17H2,1-2H3,(H,18,20). The molecule has 0 aliphatic carbocycles. The van der Waals surface area contributed by atoms with Crippen molar-refractivity contribution in [3.63, 3.8) is 0 Å². The lowest BCUT2D eigenvalue weighted by atomic mass is 10.1. The Balaban J connectivity index is 2.13. The molecule has 3 N–H and O–H groups in total. The quantitative estimate of drug-likeness (QED) is 0.883. The number of anilines is 1. The summed E-state index contributed by atoms with van der Waals surface area (Å²) in [6.07, 6.45) is 1.43. The Morgan fingerprint density at radius 2 is 2.09 bits per heavy atom. The van der Waals surface area contributed by atoms with Crippen LogP contribution in [-0.2, 0) is 0 Å². The molecule has 1 unspecified atom stereocenters. The Morgan fingerprint density at radius 3 is 2.73 bits per heavy atom. The maximum absolute atomic E-state index is 12.4. The van der Waals surface area contributed by atoms with Gasteiger partial charge < -0.3 is 20.4 Å². The third-order valence-corrected chi connectivity index (χ3v) is 3.43. The van der Waals surface area contributed by atoms with Crippen LogP contribution in [0.1, 0.15) is 27.8 Å². The Labute approximate surface area is 128 Å². The van der Waals surface area contributed by atoms with Gasteiger partial charge in [-0.15, -0.1) is 0 Å². The molecular weight excluding hydrogens is 282 g/mol. The molecular formula is C16H19N3O3. The number of hydrogen-bond acceptors (Lipinski definition) is 4. The van der Waals surface area contributed by atoms with Crippen molar-refractivity contribution in [3.8, 4) is 0 Å². The van der Waals surface area contributed by atoms with Crippen molar-refractivity contribution in [2.45, 2.75) is 13.0 Å². The van der Waals surface area contributed by atoms with E-state index in [1.807, 2.05) is 6.92 Å². The van der Waals surface area contributed by atoms with Crippen molar-refractivity contribution in [3.05, 3.63) is 54.0 Å². The second kappa shape index (κ2) is 6.91. The molecule has 2 aromatic rings. The van der Waals surface area contributed by atoms with Gasteiger partial charge in [0.25, 0.3) is 11.8 Å². The van der Waals surface area contributed by atoms with Gasteiger partial charge in [0, 0.05) is 30.9 Å². The van der Waals surface area contributed by atoms with E-state index in [2.05, 4.69) is 5.32 Å². The molecule has 22 heavy (non-hydrogen) atoms. The van der Waals surface area contributed by atoms with Gasteiger partial charge in [0.05, 0.1) is 6.26 Å². The molecule has 2 amide bonds. The second-order valence-corrected chi connectivity index (χ2v) is 5.01. The molecule has 0 bridgehead atoms. The maximum Gasteiger partial charge on any atom is 0.291 e. The van der Waals surface area contributed by atoms with Crippen molar-refractivity contribution in [2.75, 3.05) is 18.9 Å². The maximum atomic E-state index is 12.4. The summed E-state index contributed by atoms with van der Waals surface area (Å²) in [6.45, 7) is 2.26. The van der Waals surface area contributed by atoms with E-state index in [1.165, 1.54) is 6.26 Å². The Kier molecular flexibility index (Phi) is 4.95. The van der Waals surface area contributed by atoms with E-state index in [1.54, 1.807) is 48.3 Å². The summed E-state index contributed by atoms with van der Waals surface area (Å²) >= 11 is 0. The number of hydrogen-bond donors (Lipinski definition) is 2. The van der Waals surface area contributed by atoms with Gasteiger partial charge in [-0.1, -0.05) is 6.07 Å². The Hall–Kier alpha value is -2.60. The summed E-state index contributed by atoms with van der Waals surface area (Å²) in [5, 5.41) is 2.69. The molecule has 1 aromatic heterocycles. The summed E-state index contributed by atoms with van der Waals surface area (Å²) in [5.41, 5.74) is 6.59. The minimum Gasteiger partial charge on any atom is -0.459 e. The van der Waals surface area contributed by atoms with Crippen LogP contribution in [0.5, 0.6) is 0 Å². The van der Waals surface area contributed by atoms with Crippen molar-refractivity contribution >= 4 is 17.5 Å². The molecule has 116 valence electrons. The van der Waals surface area contributed by atoms with E-state index in [-0.39, 0.29) is 23.6 Å². The lowest BCUT2D eigenvalue weighted by molar-refractivity contribution is 0.0748. The Morgan fingerprint density at radius 1 is 1.32 bits per heavy atom. The first-order chi connectivity index (χ1) is 10.5. The van der Waals surface area contributed by atoms with Crippen LogP contribution in [0.15, 0.2) is 47.1 Å². The molecule has 0 aliphatic heterocycles. The van der Waals surface area contributed by atoms with E-state index in [0.29, 0.717) is 17.8 Å². The lowest BCUT2D eigenvalue weighted by Gasteiger charge is -2.23. The Bertz CT molecular complexity index is 652. The summed E-state index contributed by atoms with van der Waals surface area (Å²) in [7, 11) is 1.70. The number of nitrogens with zero attached hydrogens (tertiary/aromatic N) is 1. The predicted molar refractivity (Wildman–Crippen MR) is 83.7 cm³/mol. The highest BCUT2D eigenvalue weighted by molar-refractivity contribution is 6.03. The highest BCUT2D eigenvalue weighted by Gasteiger charge is 2.17. The van der Waals surface area contributed by atoms with Gasteiger partial charge in [-0.25, -0.2) is 0 Å². The van der Waals surface area contributed by atoms with Crippen LogP contribution in [0.3, 0.4) is 0 Å². The predicted octanol–water partition coefficient (Wildman–Crippen LogP) is 1.95. The average molecular weight is 301 g/mol. The van der Waals surface area contributed by atoms with E-state index >= 15 is 0 Å². The summed E-state index contributed by atoms with van der Waals surface area (Å²) in [6, 6.07) is 9.90. The molecule has 0 fully saturated rings. The fraction of sp³-hybridized carbons (Fsp3) is 0.250. The fourth-order valence-electron chi connectivity index (χ4n) is 1.89. The number of rotatable bonds is 5. The zero-order chi connectivity index (χ0) is 16.1. The molecule has 0 saturated heterocycles. The van der Waals surface area contributed by atoms with E-state index in [0.717, 1.165) is 0 Å². The fourth-order valence-corrected chi connectivity index (χ4v) is 1.89. The average Bonchev–Trinajstić information content (AvgIpc) is 3.07. The summed E-state index contributed by atoms with van der Waals surface area (Å²) in [4.78, 5) is 25.9. The number of amides is 2. The number of likely N-dealkylation sites (N-methyl/N-ethyl adjacent to an activating group) is 1. The van der Waals surface area contributed by atoms with E-state index in [4.69, 9.17) is 10.2 Å². The van der Waals surface area contributed by atoms with Crippen LogP contribution in [0.2, 0.25) is 0 Å². The minimum atomic E-state index is -0.363. The largest absolute Gasteiger partial charge is 0.459 e. The molecule has 6 nitrogen and oxygen atoms in total. The van der Waals surface area contributed by atoms with Crippen LogP contribution in [0.4, 0.5) is 5.69 Å². The molecule has 0 spiro atoms. The molecule has 1 heterocycles. The number of furan rings is 1. The van der Waals surface area contributed by atoms with E-state index < -0.39 is 0 Å². The van der Waals surface area contributed by atoms with Crippen LogP contribution in [0.25, 0.3) is 0 Å². The van der Waals surface area contributed by atoms with Crippen molar-refractivity contribution < 1.29 is 14.0 Å². The van der Waals surface area contributed by atoms with Gasteiger partial charge in [0.2, 0.25) is 0 Å². The van der Waals surface area contributed by atoms with Gasteiger partial charge in [-0.05, 0) is 37.3 Å². The first kappa shape index (κ1) is 15.8. The second-order valence-electron chi connectivity index (χ2n) is 5.01. The topological polar surface area (TPSA) is 88.6 Å². The van der Waals surface area contributed by atoms with Crippen LogP contribution >= 0.6 is 0 Å². The lowest BCUT2D eigenvalue weighted by Crippen LogP contribution is -2.39. The van der Waals surface area contributed by atoms with E-state index in [9.17, 15) is 9.59 Å². The normalized spacial score (nSPS) is 11.8. The monoisotopic (exact) mass is 301 g/mol. The number of benzene rings is 1. The van der Waals surface area contributed by atoms with Gasteiger partial charge >= 0.3 is 0 Å². The molecule has 0 aliphatic rings. The van der Waals surface area contributed by atoms with Crippen LogP contribution in [0, 0.1) is 0 Å². The van der Waals surface area contributed by atoms with Gasteiger partial charge in [0.15, 0.2) is 5.76 Å². The molecule has 0 saturated carbocycles. The highest BCUT2D eigenvalue weighted by Crippen LogP contribution is 2.14. The first-order valence-electron chi connectivity index (χ1n) is 6.95. The molecule has 1 aromatic carbocycles. The smallest absolute Gasteiger partial charge is 0.291 e. The first-order valence-corrected chi connectivity index (χ1v) is 6.95. The number of carbonyl (C=O) groups is 2. The van der Waals surface area contributed by atoms with Gasteiger partial charge in [-0.2, -0.15) is 0 Å². The van der Waals surface area contributed by atoms with Crippen LogP contribution < -0.4 is 11.1 Å². The zero-order valence-electron chi connectivity index (χ0n) is 12.6. The van der Waals surface area contributed by atoms with Crippen molar-refractivity contribution in [1.82, 2.24) is 4.90 Å². The molecule has 6 heteroatoms. The molecule has 2 rings (SSSR count).